The molecule has 1 aromatic carbocycles. The minimum absolute atomic E-state index is 0.0138. The number of aromatic nitrogens is 2. The van der Waals surface area contributed by atoms with Crippen molar-refractivity contribution in [2.24, 2.45) is 0 Å². The van der Waals surface area contributed by atoms with Crippen molar-refractivity contribution in [3.63, 3.8) is 0 Å². The number of hydrogen-bond donors (Lipinski definition) is 4. The van der Waals surface area contributed by atoms with Crippen LogP contribution in [-0.2, 0) is 11.2 Å². The van der Waals surface area contributed by atoms with Crippen LogP contribution in [0.15, 0.2) is 18.2 Å². The summed E-state index contributed by atoms with van der Waals surface area (Å²) in [6, 6.07) is 8.01. The van der Waals surface area contributed by atoms with Crippen molar-refractivity contribution >= 4 is 17.4 Å². The minimum Gasteiger partial charge on any atom is -0.381 e. The number of amides is 1. The molecule has 0 aliphatic heterocycles. The molecule has 0 unspecified atom stereocenters. The number of nitriles is 1. The summed E-state index contributed by atoms with van der Waals surface area (Å²) in [6.45, 7) is 5.41. The number of quaternary nitrogens is 1. The lowest BCUT2D eigenvalue weighted by Crippen LogP contribution is -2.86. The van der Waals surface area contributed by atoms with Crippen LogP contribution in [0.3, 0.4) is 0 Å². The molecule has 0 spiro atoms. The van der Waals surface area contributed by atoms with E-state index in [9.17, 15) is 4.79 Å². The molecule has 0 fully saturated rings. The van der Waals surface area contributed by atoms with Gasteiger partial charge in [-0.05, 0) is 62.8 Å². The lowest BCUT2D eigenvalue weighted by atomic mass is 10.1. The summed E-state index contributed by atoms with van der Waals surface area (Å²) in [6.07, 6.45) is 3.76. The molecule has 0 aliphatic rings. The first-order chi connectivity index (χ1) is 12.5. The highest BCUT2D eigenvalue weighted by atomic mass is 16.1. The van der Waals surface area contributed by atoms with E-state index in [4.69, 9.17) is 11.0 Å². The second kappa shape index (κ2) is 9.59. The van der Waals surface area contributed by atoms with Gasteiger partial charge in [0.1, 0.15) is 11.6 Å². The number of nitrogens with zero attached hydrogens (tertiary/aromatic N) is 2. The predicted octanol–water partition coefficient (Wildman–Crippen LogP) is 1.40. The van der Waals surface area contributed by atoms with E-state index in [1.54, 1.807) is 0 Å². The van der Waals surface area contributed by atoms with Crippen LogP contribution < -0.4 is 16.4 Å². The van der Waals surface area contributed by atoms with E-state index in [2.05, 4.69) is 28.5 Å². The number of nitrogen functional groups attached to an aromatic ring is 1. The van der Waals surface area contributed by atoms with Gasteiger partial charge in [-0.1, -0.05) is 6.07 Å². The molecule has 0 bridgehead atoms. The van der Waals surface area contributed by atoms with Crippen molar-refractivity contribution in [1.82, 2.24) is 10.2 Å². The summed E-state index contributed by atoms with van der Waals surface area (Å²) in [4.78, 5) is 12.0. The summed E-state index contributed by atoms with van der Waals surface area (Å²) >= 11 is 0. The SMILES string of the molecule is Cc1ccc(NC(=O)C[NH2+]CCCCCc2[nH]nc(N)c2C#N)cc1C. The number of anilines is 2. The van der Waals surface area contributed by atoms with E-state index in [1.165, 1.54) is 11.1 Å². The maximum Gasteiger partial charge on any atom is 0.279 e. The fraction of sp³-hybridized carbons (Fsp3) is 0.421. The van der Waals surface area contributed by atoms with Gasteiger partial charge >= 0.3 is 0 Å². The van der Waals surface area contributed by atoms with Gasteiger partial charge in [-0.15, -0.1) is 0 Å². The Balaban J connectivity index is 1.58. The first-order valence-corrected chi connectivity index (χ1v) is 8.93. The molecule has 1 amide bonds. The normalized spacial score (nSPS) is 10.5. The van der Waals surface area contributed by atoms with E-state index in [0.717, 1.165) is 43.6 Å². The summed E-state index contributed by atoms with van der Waals surface area (Å²) < 4.78 is 0. The molecule has 2 rings (SSSR count). The lowest BCUT2D eigenvalue weighted by molar-refractivity contribution is -0.643. The molecule has 7 heteroatoms. The Labute approximate surface area is 154 Å². The average Bonchev–Trinajstić information content (AvgIpc) is 2.97. The number of unbranched alkanes of at least 4 members (excludes halogenated alkanes) is 2. The van der Waals surface area contributed by atoms with Gasteiger partial charge in [0.15, 0.2) is 12.4 Å². The molecule has 26 heavy (non-hydrogen) atoms. The van der Waals surface area contributed by atoms with Gasteiger partial charge in [0, 0.05) is 5.69 Å². The Bertz CT molecular complexity index is 790. The van der Waals surface area contributed by atoms with E-state index in [0.29, 0.717) is 12.1 Å². The van der Waals surface area contributed by atoms with Gasteiger partial charge in [-0.25, -0.2) is 0 Å². The Morgan fingerprint density at radius 3 is 2.85 bits per heavy atom. The van der Waals surface area contributed by atoms with E-state index >= 15 is 0 Å². The third-order valence-electron chi connectivity index (χ3n) is 4.44. The molecule has 0 aliphatic carbocycles. The molecule has 6 N–H and O–H groups in total. The fourth-order valence-corrected chi connectivity index (χ4v) is 2.73. The van der Waals surface area contributed by atoms with Crippen LogP contribution in [0.5, 0.6) is 0 Å². The van der Waals surface area contributed by atoms with E-state index in [-0.39, 0.29) is 11.7 Å². The second-order valence-electron chi connectivity index (χ2n) is 6.51. The van der Waals surface area contributed by atoms with Gasteiger partial charge in [0.2, 0.25) is 0 Å². The van der Waals surface area contributed by atoms with Crippen LogP contribution in [0, 0.1) is 25.2 Å². The third-order valence-corrected chi connectivity index (χ3v) is 4.44. The van der Waals surface area contributed by atoms with Crippen LogP contribution in [0.1, 0.15) is 41.6 Å². The fourth-order valence-electron chi connectivity index (χ4n) is 2.73. The average molecular weight is 355 g/mol. The molecule has 1 aromatic heterocycles. The predicted molar refractivity (Wildman–Crippen MR) is 101 cm³/mol. The van der Waals surface area contributed by atoms with Gasteiger partial charge in [0.25, 0.3) is 5.91 Å². The molecule has 0 radical (unpaired) electrons. The number of nitrogens with two attached hydrogens (primary N) is 2. The zero-order valence-corrected chi connectivity index (χ0v) is 15.4. The smallest absolute Gasteiger partial charge is 0.279 e. The molecule has 0 saturated carbocycles. The van der Waals surface area contributed by atoms with Crippen molar-refractivity contribution in [1.29, 1.82) is 5.26 Å². The van der Waals surface area contributed by atoms with Crippen molar-refractivity contribution in [3.8, 4) is 6.07 Å². The zero-order chi connectivity index (χ0) is 18.9. The maximum absolute atomic E-state index is 12.0. The number of carbonyl (C=O) groups is 1. The standard InChI is InChI=1S/C19H26N6O/c1-13-7-8-15(10-14(13)2)23-18(26)12-22-9-5-3-4-6-17-16(11-20)19(21)25-24-17/h7-8,10,22H,3-6,9,12H2,1-2H3,(H,23,26)(H3,21,24,25)/p+1. The number of aromatic amines is 1. The Morgan fingerprint density at radius 1 is 1.31 bits per heavy atom. The number of rotatable bonds is 9. The molecule has 2 aromatic rings. The Kier molecular flexibility index (Phi) is 7.18. The second-order valence-corrected chi connectivity index (χ2v) is 6.51. The molecule has 1 heterocycles. The highest BCUT2D eigenvalue weighted by molar-refractivity contribution is 5.91. The number of aryl methyl sites for hydroxylation is 3. The zero-order valence-electron chi connectivity index (χ0n) is 15.4. The third kappa shape index (κ3) is 5.60. The van der Waals surface area contributed by atoms with Gasteiger partial charge in [-0.2, -0.15) is 10.4 Å². The topological polar surface area (TPSA) is 124 Å². The molecule has 138 valence electrons. The summed E-state index contributed by atoms with van der Waals surface area (Å²) in [5.74, 6) is 0.283. The first kappa shape index (κ1) is 19.5. The largest absolute Gasteiger partial charge is 0.381 e. The highest BCUT2D eigenvalue weighted by Gasteiger charge is 2.09. The van der Waals surface area contributed by atoms with Crippen LogP contribution >= 0.6 is 0 Å². The summed E-state index contributed by atoms with van der Waals surface area (Å²) in [7, 11) is 0. The molecular weight excluding hydrogens is 328 g/mol. The van der Waals surface area contributed by atoms with E-state index < -0.39 is 0 Å². The quantitative estimate of drug-likeness (QED) is 0.507. The number of hydrogen-bond acceptors (Lipinski definition) is 4. The van der Waals surface area contributed by atoms with Crippen LogP contribution in [0.2, 0.25) is 0 Å². The number of carbonyl (C=O) groups excluding carboxylic acids is 1. The van der Waals surface area contributed by atoms with Crippen LogP contribution in [-0.4, -0.2) is 29.2 Å². The van der Waals surface area contributed by atoms with Gasteiger partial charge in [-0.3, -0.25) is 9.89 Å². The van der Waals surface area contributed by atoms with E-state index in [1.807, 2.05) is 30.4 Å². The van der Waals surface area contributed by atoms with Crippen LogP contribution in [0.4, 0.5) is 11.5 Å². The van der Waals surface area contributed by atoms with Gasteiger partial charge < -0.3 is 16.4 Å². The number of benzene rings is 1. The van der Waals surface area contributed by atoms with Crippen molar-refractivity contribution in [2.75, 3.05) is 24.1 Å². The van der Waals surface area contributed by atoms with Crippen molar-refractivity contribution < 1.29 is 10.1 Å². The molecule has 7 nitrogen and oxygen atoms in total. The summed E-state index contributed by atoms with van der Waals surface area (Å²) in [5.41, 5.74) is 10.1. The number of nitrogens with one attached hydrogen (secondary N) is 2. The summed E-state index contributed by atoms with van der Waals surface area (Å²) in [5, 5.41) is 20.6. The monoisotopic (exact) mass is 355 g/mol. The van der Waals surface area contributed by atoms with Crippen LogP contribution in [0.25, 0.3) is 0 Å². The Morgan fingerprint density at radius 2 is 2.12 bits per heavy atom. The molecule has 0 saturated heterocycles. The minimum atomic E-state index is 0.0138. The Hall–Kier alpha value is -2.85. The molecular formula is C19H27N6O+. The molecule has 0 atom stereocenters. The van der Waals surface area contributed by atoms with Gasteiger partial charge in [0.05, 0.1) is 12.2 Å². The first-order valence-electron chi connectivity index (χ1n) is 8.93. The lowest BCUT2D eigenvalue weighted by Gasteiger charge is -2.07. The maximum atomic E-state index is 12.0. The number of H-pyrrole nitrogens is 1. The highest BCUT2D eigenvalue weighted by Crippen LogP contribution is 2.15. The van der Waals surface area contributed by atoms with Crippen molar-refractivity contribution in [3.05, 3.63) is 40.6 Å². The van der Waals surface area contributed by atoms with Crippen molar-refractivity contribution in [2.45, 2.75) is 39.5 Å².